The number of para-hydroxylation sites is 1. The summed E-state index contributed by atoms with van der Waals surface area (Å²) in [6.07, 6.45) is 4.39. The van der Waals surface area contributed by atoms with Crippen molar-refractivity contribution in [1.29, 1.82) is 0 Å². The summed E-state index contributed by atoms with van der Waals surface area (Å²) in [6.45, 7) is 2.41. The molecule has 8 heteroatoms. The molecule has 3 aromatic carbocycles. The molecule has 6 nitrogen and oxygen atoms in total. The molecule has 1 aliphatic carbocycles. The fourth-order valence-corrected chi connectivity index (χ4v) is 6.71. The van der Waals surface area contributed by atoms with E-state index in [1.807, 2.05) is 67.6 Å². The third-order valence-corrected chi connectivity index (χ3v) is 8.99. The van der Waals surface area contributed by atoms with Gasteiger partial charge in [0.2, 0.25) is 0 Å². The lowest BCUT2D eigenvalue weighted by molar-refractivity contribution is 0.164. The number of cyclic esters (lactones) is 1. The van der Waals surface area contributed by atoms with Gasteiger partial charge >= 0.3 is 6.09 Å². The molecule has 0 bridgehead atoms. The third kappa shape index (κ3) is 5.49. The minimum Gasteiger partial charge on any atom is -0.447 e. The van der Waals surface area contributed by atoms with Crippen molar-refractivity contribution in [2.45, 2.75) is 30.7 Å². The van der Waals surface area contributed by atoms with Gasteiger partial charge in [0, 0.05) is 17.5 Å². The predicted molar refractivity (Wildman–Crippen MR) is 149 cm³/mol. The van der Waals surface area contributed by atoms with E-state index in [0.29, 0.717) is 29.3 Å². The van der Waals surface area contributed by atoms with Crippen molar-refractivity contribution in [1.82, 2.24) is 4.90 Å². The summed E-state index contributed by atoms with van der Waals surface area (Å²) in [5, 5.41) is 0.509. The van der Waals surface area contributed by atoms with Crippen molar-refractivity contribution >= 4 is 33.4 Å². The number of allylic oxidation sites excluding steroid dienone is 2. The van der Waals surface area contributed by atoms with Gasteiger partial charge in [0.25, 0.3) is 10.0 Å². The van der Waals surface area contributed by atoms with Crippen LogP contribution in [0.25, 0.3) is 0 Å². The Balaban J connectivity index is 1.38. The molecule has 5 rings (SSSR count). The maximum absolute atomic E-state index is 13.7. The highest BCUT2D eigenvalue weighted by molar-refractivity contribution is 7.92. The van der Waals surface area contributed by atoms with Gasteiger partial charge in [-0.3, -0.25) is 9.21 Å². The van der Waals surface area contributed by atoms with Gasteiger partial charge in [-0.05, 0) is 55.7 Å². The first-order valence-corrected chi connectivity index (χ1v) is 14.4. The predicted octanol–water partition coefficient (Wildman–Crippen LogP) is 6.28. The van der Waals surface area contributed by atoms with Crippen molar-refractivity contribution in [3.05, 3.63) is 119 Å². The minimum absolute atomic E-state index is 0.169. The van der Waals surface area contributed by atoms with Crippen molar-refractivity contribution in [3.63, 3.8) is 0 Å². The van der Waals surface area contributed by atoms with Gasteiger partial charge in [0.05, 0.1) is 22.3 Å². The van der Waals surface area contributed by atoms with Gasteiger partial charge in [0.15, 0.2) is 0 Å². The normalized spacial score (nSPS) is 19.5. The lowest BCUT2D eigenvalue weighted by atomic mass is 9.97. The molecule has 1 amide bonds. The summed E-state index contributed by atoms with van der Waals surface area (Å²) < 4.78 is 34.3. The highest BCUT2D eigenvalue weighted by Crippen LogP contribution is 2.35. The van der Waals surface area contributed by atoms with E-state index in [1.54, 1.807) is 41.3 Å². The van der Waals surface area contributed by atoms with E-state index in [1.165, 1.54) is 4.31 Å². The zero-order valence-corrected chi connectivity index (χ0v) is 22.6. The summed E-state index contributed by atoms with van der Waals surface area (Å²) in [7, 11) is -3.81. The third-order valence-electron chi connectivity index (χ3n) is 6.83. The van der Waals surface area contributed by atoms with Crippen LogP contribution in [0.15, 0.2) is 113 Å². The highest BCUT2D eigenvalue weighted by Gasteiger charge is 2.37. The molecule has 0 saturated carbocycles. The van der Waals surface area contributed by atoms with Crippen LogP contribution in [0.4, 0.5) is 10.5 Å². The zero-order chi connectivity index (χ0) is 26.7. The summed E-state index contributed by atoms with van der Waals surface area (Å²) in [4.78, 5) is 14.5. The molecule has 0 aromatic heterocycles. The van der Waals surface area contributed by atoms with Crippen LogP contribution in [0, 0.1) is 12.8 Å². The SMILES string of the molecule is Cc1ccc(S(=O)(=O)N(C[C@@H]2C=CC(N3C(=O)OC[C@H]3Cc3ccccc3)=C(Cl)C2)c2ccccc2)cc1. The number of carbonyl (C=O) groups excluding carboxylic acids is 1. The van der Waals surface area contributed by atoms with Crippen LogP contribution >= 0.6 is 11.6 Å². The van der Waals surface area contributed by atoms with Gasteiger partial charge in [-0.2, -0.15) is 0 Å². The van der Waals surface area contributed by atoms with Crippen LogP contribution in [0.2, 0.25) is 0 Å². The van der Waals surface area contributed by atoms with Gasteiger partial charge in [0.1, 0.15) is 6.61 Å². The Bertz CT molecular complexity index is 1460. The number of carbonyl (C=O) groups is 1. The van der Waals surface area contributed by atoms with Crippen molar-refractivity contribution < 1.29 is 17.9 Å². The Morgan fingerprint density at radius 1 is 0.974 bits per heavy atom. The van der Waals surface area contributed by atoms with E-state index in [4.69, 9.17) is 16.3 Å². The molecule has 1 fully saturated rings. The lowest BCUT2D eigenvalue weighted by Gasteiger charge is -2.31. The molecule has 1 aliphatic heterocycles. The number of hydrogen-bond donors (Lipinski definition) is 0. The maximum atomic E-state index is 13.7. The van der Waals surface area contributed by atoms with E-state index in [2.05, 4.69) is 0 Å². The first kappa shape index (κ1) is 26.1. The number of ether oxygens (including phenoxy) is 1. The molecular formula is C30H29ClN2O4S. The number of anilines is 1. The first-order chi connectivity index (χ1) is 18.3. The van der Waals surface area contributed by atoms with E-state index in [-0.39, 0.29) is 30.0 Å². The molecule has 3 aromatic rings. The molecule has 196 valence electrons. The fourth-order valence-electron chi connectivity index (χ4n) is 4.84. The van der Waals surface area contributed by atoms with Crippen LogP contribution in [-0.4, -0.2) is 38.6 Å². The van der Waals surface area contributed by atoms with Gasteiger partial charge < -0.3 is 4.74 Å². The standard InChI is InChI=1S/C30H29ClN2O4S/c1-22-12-15-27(16-13-22)38(35,36)32(25-10-6-3-7-11-25)20-24-14-17-29(28(31)19-24)33-26(21-37-30(33)34)18-23-8-4-2-5-9-23/h2-17,24,26H,18-21H2,1H3/t24-,26-/m1/s1. The number of sulfonamides is 1. The Morgan fingerprint density at radius 2 is 1.63 bits per heavy atom. The maximum Gasteiger partial charge on any atom is 0.414 e. The average molecular weight is 549 g/mol. The van der Waals surface area contributed by atoms with Crippen LogP contribution < -0.4 is 4.31 Å². The number of hydrogen-bond acceptors (Lipinski definition) is 4. The molecule has 0 radical (unpaired) electrons. The largest absolute Gasteiger partial charge is 0.447 e. The Labute approximate surface area is 228 Å². The molecule has 2 aliphatic rings. The second-order valence-electron chi connectivity index (χ2n) is 9.59. The molecule has 38 heavy (non-hydrogen) atoms. The number of halogens is 1. The summed E-state index contributed by atoms with van der Waals surface area (Å²) >= 11 is 6.78. The highest BCUT2D eigenvalue weighted by atomic mass is 35.5. The Morgan fingerprint density at radius 3 is 2.29 bits per heavy atom. The second-order valence-corrected chi connectivity index (χ2v) is 11.9. The molecule has 1 saturated heterocycles. The molecule has 1 heterocycles. The van der Waals surface area contributed by atoms with Crippen molar-refractivity contribution in [2.75, 3.05) is 17.5 Å². The molecule has 2 atom stereocenters. The van der Waals surface area contributed by atoms with Crippen LogP contribution in [0.1, 0.15) is 17.5 Å². The van der Waals surface area contributed by atoms with E-state index < -0.39 is 16.1 Å². The number of aryl methyl sites for hydroxylation is 1. The summed E-state index contributed by atoms with van der Waals surface area (Å²) in [6, 6.07) is 25.7. The lowest BCUT2D eigenvalue weighted by Crippen LogP contribution is -2.37. The molecule has 0 spiro atoms. The van der Waals surface area contributed by atoms with Crippen LogP contribution in [0.5, 0.6) is 0 Å². The Kier molecular flexibility index (Phi) is 7.58. The fraction of sp³-hybridized carbons (Fsp3) is 0.233. The first-order valence-electron chi connectivity index (χ1n) is 12.5. The number of amides is 1. The summed E-state index contributed by atoms with van der Waals surface area (Å²) in [5.74, 6) is -0.183. The van der Waals surface area contributed by atoms with Crippen molar-refractivity contribution in [3.8, 4) is 0 Å². The molecular weight excluding hydrogens is 520 g/mol. The van der Waals surface area contributed by atoms with E-state index >= 15 is 0 Å². The monoisotopic (exact) mass is 548 g/mol. The zero-order valence-electron chi connectivity index (χ0n) is 21.0. The Hall–Kier alpha value is -3.55. The summed E-state index contributed by atoms with van der Waals surface area (Å²) in [5.41, 5.74) is 3.29. The number of benzene rings is 3. The molecule has 0 unspecified atom stereocenters. The second kappa shape index (κ2) is 11.1. The van der Waals surface area contributed by atoms with Gasteiger partial charge in [-0.15, -0.1) is 0 Å². The smallest absolute Gasteiger partial charge is 0.414 e. The van der Waals surface area contributed by atoms with Gasteiger partial charge in [-0.25, -0.2) is 13.2 Å². The topological polar surface area (TPSA) is 66.9 Å². The number of rotatable bonds is 8. The number of nitrogens with zero attached hydrogens (tertiary/aromatic N) is 2. The van der Waals surface area contributed by atoms with Crippen LogP contribution in [-0.2, 0) is 21.2 Å². The van der Waals surface area contributed by atoms with Crippen molar-refractivity contribution in [2.24, 2.45) is 5.92 Å². The molecule has 0 N–H and O–H groups in total. The van der Waals surface area contributed by atoms with Gasteiger partial charge in [-0.1, -0.05) is 83.9 Å². The van der Waals surface area contributed by atoms with E-state index in [0.717, 1.165) is 11.1 Å². The average Bonchev–Trinajstić information content (AvgIpc) is 3.28. The van der Waals surface area contributed by atoms with Crippen LogP contribution in [0.3, 0.4) is 0 Å². The minimum atomic E-state index is -3.81. The quantitative estimate of drug-likeness (QED) is 0.332. The van der Waals surface area contributed by atoms with E-state index in [9.17, 15) is 13.2 Å².